The van der Waals surface area contributed by atoms with E-state index >= 15 is 0 Å². The van der Waals surface area contributed by atoms with Gasteiger partial charge >= 0.3 is 0 Å². The summed E-state index contributed by atoms with van der Waals surface area (Å²) in [5.74, 6) is -0.659. The molecule has 0 aliphatic carbocycles. The molecule has 0 radical (unpaired) electrons. The molecule has 1 amide bonds. The zero-order valence-corrected chi connectivity index (χ0v) is 37.6. The van der Waals surface area contributed by atoms with Gasteiger partial charge in [0, 0.05) is 78.2 Å². The molecule has 0 fully saturated rings. The van der Waals surface area contributed by atoms with Gasteiger partial charge in [0.1, 0.15) is 16.7 Å². The third kappa shape index (κ3) is 10.8. The smallest absolute Gasteiger partial charge is 0.294 e. The second-order valence-corrected chi connectivity index (χ2v) is 22.2. The topological polar surface area (TPSA) is 181 Å². The zero-order chi connectivity index (χ0) is 44.3. The van der Waals surface area contributed by atoms with Crippen LogP contribution in [0.3, 0.4) is 0 Å². The van der Waals surface area contributed by atoms with Crippen LogP contribution in [-0.2, 0) is 56.6 Å². The molecule has 322 valence electrons. The van der Waals surface area contributed by atoms with Crippen molar-refractivity contribution in [2.45, 2.75) is 93.4 Å². The minimum Gasteiger partial charge on any atom is -0.744 e. The van der Waals surface area contributed by atoms with Crippen molar-refractivity contribution in [2.24, 2.45) is 0 Å². The number of carbonyl (C=O) groups is 2. The lowest BCUT2D eigenvalue weighted by molar-refractivity contribution is -0.438. The minimum atomic E-state index is -4.62. The molecule has 0 saturated carbocycles. The van der Waals surface area contributed by atoms with E-state index in [-0.39, 0.29) is 34.3 Å². The Bertz CT molecular complexity index is 2630. The summed E-state index contributed by atoms with van der Waals surface area (Å²) in [6, 6.07) is 17.6. The highest BCUT2D eigenvalue weighted by Gasteiger charge is 2.45. The van der Waals surface area contributed by atoms with Gasteiger partial charge in [-0.2, -0.15) is 13.0 Å². The molecule has 0 bridgehead atoms. The molecule has 2 aliphatic heterocycles. The number of rotatable bonds is 17. The number of nitrogens with one attached hydrogen (secondary N) is 1. The average molecular weight is 878 g/mol. The summed E-state index contributed by atoms with van der Waals surface area (Å²) in [5.41, 5.74) is 4.61. The van der Waals surface area contributed by atoms with Crippen LogP contribution in [0.15, 0.2) is 113 Å². The van der Waals surface area contributed by atoms with Crippen LogP contribution >= 0.6 is 0 Å². The van der Waals surface area contributed by atoms with Gasteiger partial charge in [-0.1, -0.05) is 62.4 Å². The maximum atomic E-state index is 13.1. The van der Waals surface area contributed by atoms with E-state index in [1.54, 1.807) is 12.1 Å². The number of carbonyl (C=O) groups excluding carboxylic acids is 2. The van der Waals surface area contributed by atoms with Gasteiger partial charge < -0.3 is 14.8 Å². The normalized spacial score (nSPS) is 17.4. The Morgan fingerprint density at radius 1 is 0.850 bits per heavy atom. The number of nitrogens with zero attached hydrogens (tertiary/aromatic N) is 2. The van der Waals surface area contributed by atoms with Gasteiger partial charge in [0.05, 0.1) is 21.2 Å². The lowest BCUT2D eigenvalue weighted by Crippen LogP contribution is -2.43. The quantitative estimate of drug-likeness (QED) is 0.0519. The molecular weight excluding hydrogens is 823 g/mol. The number of hydrogen-bond acceptors (Lipinski definition) is 9. The molecule has 0 spiro atoms. The van der Waals surface area contributed by atoms with Crippen LogP contribution in [0.5, 0.6) is 0 Å². The fraction of sp³-hybridized carbons (Fsp3) is 0.378. The third-order valence-corrected chi connectivity index (χ3v) is 13.5. The number of hydrogen-bond donors (Lipinski definition) is 2. The molecule has 0 unspecified atom stereocenters. The van der Waals surface area contributed by atoms with E-state index in [2.05, 4.69) is 14.8 Å². The Hall–Kier alpha value is -4.67. The number of amides is 1. The fourth-order valence-corrected chi connectivity index (χ4v) is 9.72. The maximum Gasteiger partial charge on any atom is 0.294 e. The number of likely N-dealkylation sites (N-methyl/N-ethyl adjacent to an activating group) is 1. The van der Waals surface area contributed by atoms with Crippen molar-refractivity contribution in [1.29, 1.82) is 0 Å². The van der Waals surface area contributed by atoms with E-state index < -0.39 is 46.6 Å². The van der Waals surface area contributed by atoms with Gasteiger partial charge in [0.25, 0.3) is 10.1 Å². The van der Waals surface area contributed by atoms with Crippen molar-refractivity contribution < 1.29 is 44.3 Å². The molecule has 2 aliphatic rings. The lowest BCUT2D eigenvalue weighted by atomic mass is 9.81. The van der Waals surface area contributed by atoms with E-state index in [9.17, 15) is 39.7 Å². The Morgan fingerprint density at radius 3 is 2.15 bits per heavy atom. The molecular formula is C45H55N3O9S3. The first-order chi connectivity index (χ1) is 27.9. The van der Waals surface area contributed by atoms with Crippen LogP contribution in [0.1, 0.15) is 77.0 Å². The zero-order valence-electron chi connectivity index (χ0n) is 35.2. The van der Waals surface area contributed by atoms with Crippen LogP contribution in [0.4, 0.5) is 11.4 Å². The number of unbranched alkanes of at least 4 members (excludes halogenated alkanes) is 2. The van der Waals surface area contributed by atoms with E-state index in [1.807, 2.05) is 95.3 Å². The monoisotopic (exact) mass is 877 g/mol. The molecule has 60 heavy (non-hydrogen) atoms. The Kier molecular flexibility index (Phi) is 14.0. The molecule has 5 rings (SSSR count). The van der Waals surface area contributed by atoms with Crippen molar-refractivity contribution in [3.05, 3.63) is 119 Å². The van der Waals surface area contributed by atoms with Gasteiger partial charge in [-0.3, -0.25) is 18.4 Å². The van der Waals surface area contributed by atoms with Crippen molar-refractivity contribution in [3.63, 3.8) is 0 Å². The largest absolute Gasteiger partial charge is 0.744 e. The van der Waals surface area contributed by atoms with Crippen LogP contribution in [0, 0.1) is 0 Å². The SMILES string of the molecule is CCN1/C(=C/C=C/C=C/C2=[N+](CCCCCC(=O)N[C@@H](Cc3ccccc3)C(=O)C=S(C)(C)=O)c3ccc(S(=O)(=O)O)cc3C2(C)C)C(C)(C)c2cc(S(=O)(=O)[O-])ccc21. The Balaban J connectivity index is 1.33. The molecule has 2 N–H and O–H groups in total. The highest BCUT2D eigenvalue weighted by atomic mass is 32.2. The number of allylic oxidation sites excluding steroid dienone is 6. The number of anilines is 1. The molecule has 0 aromatic heterocycles. The van der Waals surface area contributed by atoms with E-state index in [0.717, 1.165) is 39.5 Å². The standard InChI is InChI=1S/C45H55N3O9S3/c1-8-47-38-25-23-33(59(52,53)54)29-35(38)44(2,3)41(47)20-14-10-15-21-42-45(4,5)36-30-34(60(55,56)57)24-26-39(36)48(42)27-17-11-16-22-43(50)46-37(40(49)31-58(6,7)51)28-32-18-12-9-13-19-32/h9-10,12-15,18-21,23-26,29-31,37H,8,11,16-17,22,27-28H2,1-7H3,(H2-,46,50,52,53,54,55,56,57)/t37-/m0/s1. The Labute approximate surface area is 355 Å². The molecule has 0 saturated heterocycles. The third-order valence-electron chi connectivity index (χ3n) is 11.0. The summed E-state index contributed by atoms with van der Waals surface area (Å²) < 4.78 is 84.0. The summed E-state index contributed by atoms with van der Waals surface area (Å²) in [5, 5.41) is 4.06. The predicted octanol–water partition coefficient (Wildman–Crippen LogP) is 6.23. The first-order valence-electron chi connectivity index (χ1n) is 19.8. The van der Waals surface area contributed by atoms with E-state index in [0.29, 0.717) is 32.4 Å². The minimum absolute atomic E-state index is 0.193. The highest BCUT2D eigenvalue weighted by Crippen LogP contribution is 2.48. The van der Waals surface area contributed by atoms with Crippen molar-refractivity contribution in [2.75, 3.05) is 30.5 Å². The van der Waals surface area contributed by atoms with Gasteiger partial charge in [0.15, 0.2) is 11.5 Å². The van der Waals surface area contributed by atoms with Gasteiger partial charge in [-0.25, -0.2) is 8.42 Å². The van der Waals surface area contributed by atoms with E-state index in [1.165, 1.54) is 42.1 Å². The van der Waals surface area contributed by atoms with Gasteiger partial charge in [-0.15, -0.1) is 0 Å². The maximum absolute atomic E-state index is 13.1. The van der Waals surface area contributed by atoms with Gasteiger partial charge in [-0.05, 0) is 90.7 Å². The summed E-state index contributed by atoms with van der Waals surface area (Å²) in [6.45, 7) is 11.1. The lowest BCUT2D eigenvalue weighted by Gasteiger charge is -2.25. The molecule has 1 atom stereocenters. The van der Waals surface area contributed by atoms with Crippen molar-refractivity contribution in [1.82, 2.24) is 5.32 Å². The molecule has 15 heteroatoms. The highest BCUT2D eigenvalue weighted by molar-refractivity contribution is 8.01. The summed E-state index contributed by atoms with van der Waals surface area (Å²) >= 11 is 0. The van der Waals surface area contributed by atoms with Crippen molar-refractivity contribution in [3.8, 4) is 0 Å². The van der Waals surface area contributed by atoms with Crippen LogP contribution in [0.25, 0.3) is 0 Å². The number of ketones is 1. The molecule has 12 nitrogen and oxygen atoms in total. The second kappa shape index (κ2) is 18.1. The first-order valence-corrected chi connectivity index (χ1v) is 25.1. The van der Waals surface area contributed by atoms with Gasteiger partial charge in [0.2, 0.25) is 11.6 Å². The fourth-order valence-electron chi connectivity index (χ4n) is 8.00. The van der Waals surface area contributed by atoms with Crippen molar-refractivity contribution >= 4 is 63.9 Å². The summed E-state index contributed by atoms with van der Waals surface area (Å²) in [7, 11) is -11.5. The predicted molar refractivity (Wildman–Crippen MR) is 237 cm³/mol. The number of Topliss-reactive ketones (excluding diaryl/α,β-unsaturated/α-hetero) is 1. The molecule has 3 aromatic carbocycles. The first kappa shape index (κ1) is 46.4. The summed E-state index contributed by atoms with van der Waals surface area (Å²) in [6.07, 6.45) is 15.0. The molecule has 3 aromatic rings. The average Bonchev–Trinajstić information content (AvgIpc) is 3.50. The number of benzene rings is 3. The van der Waals surface area contributed by atoms with Crippen LogP contribution in [-0.4, -0.2) is 89.1 Å². The van der Waals surface area contributed by atoms with E-state index in [4.69, 9.17) is 0 Å². The Morgan fingerprint density at radius 2 is 1.52 bits per heavy atom. The summed E-state index contributed by atoms with van der Waals surface area (Å²) in [4.78, 5) is 27.8. The van der Waals surface area contributed by atoms with Crippen LogP contribution in [0.2, 0.25) is 0 Å². The number of fused-ring (bicyclic) bond motifs is 2. The van der Waals surface area contributed by atoms with Crippen LogP contribution < -0.4 is 10.2 Å². The second-order valence-electron chi connectivity index (χ2n) is 16.6. The molecule has 2 heterocycles.